The van der Waals surface area contributed by atoms with Gasteiger partial charge in [0.1, 0.15) is 0 Å². The van der Waals surface area contributed by atoms with Crippen LogP contribution < -0.4 is 5.32 Å². The molecular formula is C21H41N5O. The number of ether oxygens (including phenoxy) is 1. The minimum Gasteiger partial charge on any atom is -0.379 e. The van der Waals surface area contributed by atoms with Crippen LogP contribution in [-0.4, -0.2) is 99.3 Å². The molecule has 0 bridgehead atoms. The van der Waals surface area contributed by atoms with Gasteiger partial charge in [-0.25, -0.2) is 0 Å². The zero-order valence-corrected chi connectivity index (χ0v) is 17.7. The molecule has 27 heavy (non-hydrogen) atoms. The van der Waals surface area contributed by atoms with Gasteiger partial charge in [0.25, 0.3) is 0 Å². The fourth-order valence-corrected chi connectivity index (χ4v) is 4.69. The number of guanidine groups is 1. The summed E-state index contributed by atoms with van der Waals surface area (Å²) in [4.78, 5) is 12.6. The molecule has 6 heteroatoms. The third kappa shape index (κ3) is 6.61. The van der Waals surface area contributed by atoms with Crippen LogP contribution in [0.15, 0.2) is 4.99 Å². The van der Waals surface area contributed by atoms with E-state index in [9.17, 15) is 0 Å². The van der Waals surface area contributed by atoms with Crippen LogP contribution >= 0.6 is 0 Å². The predicted molar refractivity (Wildman–Crippen MR) is 112 cm³/mol. The van der Waals surface area contributed by atoms with Crippen LogP contribution in [0.4, 0.5) is 0 Å². The first kappa shape index (κ1) is 20.9. The molecule has 0 amide bonds. The highest BCUT2D eigenvalue weighted by molar-refractivity contribution is 5.80. The maximum Gasteiger partial charge on any atom is 0.193 e. The third-order valence-corrected chi connectivity index (χ3v) is 6.49. The van der Waals surface area contributed by atoms with Gasteiger partial charge in [0.2, 0.25) is 0 Å². The van der Waals surface area contributed by atoms with E-state index in [0.29, 0.717) is 0 Å². The van der Waals surface area contributed by atoms with Crippen molar-refractivity contribution < 1.29 is 4.74 Å². The van der Waals surface area contributed by atoms with Crippen molar-refractivity contribution in [3.05, 3.63) is 0 Å². The number of likely N-dealkylation sites (tertiary alicyclic amines) is 2. The molecule has 0 saturated carbocycles. The Morgan fingerprint density at radius 2 is 1.70 bits per heavy atom. The standard InChI is InChI=1S/C21H41N5O/c1-3-22-21(23-9-5-19-6-10-24(4-2)11-7-19)26-12-8-20(18-26)17-25-13-15-27-16-14-25/h19-20H,3-18H2,1-2H3,(H,22,23). The average Bonchev–Trinajstić information content (AvgIpc) is 3.17. The largest absolute Gasteiger partial charge is 0.379 e. The number of nitrogens with one attached hydrogen (secondary N) is 1. The topological polar surface area (TPSA) is 43.3 Å². The lowest BCUT2D eigenvalue weighted by Gasteiger charge is -2.31. The molecule has 0 aromatic carbocycles. The molecule has 3 aliphatic rings. The number of hydrogen-bond acceptors (Lipinski definition) is 4. The number of aliphatic imine (C=N–C) groups is 1. The minimum absolute atomic E-state index is 0.769. The summed E-state index contributed by atoms with van der Waals surface area (Å²) >= 11 is 0. The van der Waals surface area contributed by atoms with Crippen molar-refractivity contribution in [3.8, 4) is 0 Å². The molecule has 0 aromatic heterocycles. The maximum absolute atomic E-state index is 5.48. The highest BCUT2D eigenvalue weighted by Crippen LogP contribution is 2.21. The molecule has 0 aromatic rings. The van der Waals surface area contributed by atoms with Gasteiger partial charge in [0.15, 0.2) is 5.96 Å². The van der Waals surface area contributed by atoms with Gasteiger partial charge >= 0.3 is 0 Å². The Balaban J connectivity index is 1.41. The molecule has 3 saturated heterocycles. The lowest BCUT2D eigenvalue weighted by atomic mass is 9.94. The van der Waals surface area contributed by atoms with Crippen LogP contribution in [0.3, 0.4) is 0 Å². The van der Waals surface area contributed by atoms with E-state index in [1.165, 1.54) is 51.9 Å². The zero-order valence-electron chi connectivity index (χ0n) is 17.7. The summed E-state index contributed by atoms with van der Waals surface area (Å²) in [5.74, 6) is 2.78. The number of morpholine rings is 1. The summed E-state index contributed by atoms with van der Waals surface area (Å²) in [5.41, 5.74) is 0. The average molecular weight is 380 g/mol. The summed E-state index contributed by atoms with van der Waals surface area (Å²) in [6, 6.07) is 0. The monoisotopic (exact) mass is 379 g/mol. The van der Waals surface area contributed by atoms with E-state index in [1.54, 1.807) is 0 Å². The van der Waals surface area contributed by atoms with E-state index >= 15 is 0 Å². The molecule has 0 aliphatic carbocycles. The van der Waals surface area contributed by atoms with Crippen LogP contribution in [0.5, 0.6) is 0 Å². The number of nitrogens with zero attached hydrogens (tertiary/aromatic N) is 4. The second kappa shape index (κ2) is 11.2. The van der Waals surface area contributed by atoms with Gasteiger partial charge in [0.05, 0.1) is 13.2 Å². The lowest BCUT2D eigenvalue weighted by molar-refractivity contribution is 0.0315. The number of piperidine rings is 1. The van der Waals surface area contributed by atoms with Crippen LogP contribution in [0, 0.1) is 11.8 Å². The molecule has 3 fully saturated rings. The third-order valence-electron chi connectivity index (χ3n) is 6.49. The highest BCUT2D eigenvalue weighted by atomic mass is 16.5. The SMILES string of the molecule is CCNC(=NCCC1CCN(CC)CC1)N1CCC(CN2CCOCC2)C1. The predicted octanol–water partition coefficient (Wildman–Crippen LogP) is 1.73. The van der Waals surface area contributed by atoms with Crippen LogP contribution in [0.1, 0.15) is 39.5 Å². The highest BCUT2D eigenvalue weighted by Gasteiger charge is 2.27. The van der Waals surface area contributed by atoms with Crippen LogP contribution in [0.25, 0.3) is 0 Å². The van der Waals surface area contributed by atoms with Crippen molar-refractivity contribution in [1.29, 1.82) is 0 Å². The molecule has 0 radical (unpaired) electrons. The van der Waals surface area contributed by atoms with Gasteiger partial charge in [-0.05, 0) is 64.1 Å². The van der Waals surface area contributed by atoms with E-state index in [1.807, 2.05) is 0 Å². The van der Waals surface area contributed by atoms with Crippen LogP contribution in [0.2, 0.25) is 0 Å². The van der Waals surface area contributed by atoms with Crippen molar-refractivity contribution in [3.63, 3.8) is 0 Å². The van der Waals surface area contributed by atoms with Crippen molar-refractivity contribution in [2.24, 2.45) is 16.8 Å². The summed E-state index contributed by atoms with van der Waals surface area (Å²) in [7, 11) is 0. The second-order valence-corrected chi connectivity index (χ2v) is 8.42. The Kier molecular flexibility index (Phi) is 8.68. The first-order valence-electron chi connectivity index (χ1n) is 11.3. The fraction of sp³-hybridized carbons (Fsp3) is 0.952. The van der Waals surface area contributed by atoms with Crippen molar-refractivity contribution in [2.75, 3.05) is 78.7 Å². The van der Waals surface area contributed by atoms with E-state index in [4.69, 9.17) is 9.73 Å². The summed E-state index contributed by atoms with van der Waals surface area (Å²) in [6.07, 6.45) is 5.24. The number of rotatable bonds is 7. The van der Waals surface area contributed by atoms with Gasteiger partial charge in [-0.1, -0.05) is 6.92 Å². The normalized spacial score (nSPS) is 26.7. The van der Waals surface area contributed by atoms with Gasteiger partial charge in [-0.2, -0.15) is 0 Å². The second-order valence-electron chi connectivity index (χ2n) is 8.42. The van der Waals surface area contributed by atoms with E-state index in [0.717, 1.165) is 70.3 Å². The Hall–Kier alpha value is -0.850. The molecule has 6 nitrogen and oxygen atoms in total. The molecule has 1 unspecified atom stereocenters. The molecule has 156 valence electrons. The zero-order chi connectivity index (χ0) is 18.9. The number of hydrogen-bond donors (Lipinski definition) is 1. The van der Waals surface area contributed by atoms with Gasteiger partial charge in [0, 0.05) is 45.8 Å². The van der Waals surface area contributed by atoms with Crippen molar-refractivity contribution in [2.45, 2.75) is 39.5 Å². The van der Waals surface area contributed by atoms with E-state index in [-0.39, 0.29) is 0 Å². The van der Waals surface area contributed by atoms with Gasteiger partial charge < -0.3 is 19.9 Å². The smallest absolute Gasteiger partial charge is 0.193 e. The molecule has 3 heterocycles. The summed E-state index contributed by atoms with van der Waals surface area (Å²) in [5, 5.41) is 3.54. The van der Waals surface area contributed by atoms with E-state index in [2.05, 4.69) is 33.9 Å². The van der Waals surface area contributed by atoms with Crippen molar-refractivity contribution >= 4 is 5.96 Å². The summed E-state index contributed by atoms with van der Waals surface area (Å²) < 4.78 is 5.48. The molecule has 1 N–H and O–H groups in total. The first-order valence-corrected chi connectivity index (χ1v) is 11.3. The molecular weight excluding hydrogens is 338 g/mol. The summed E-state index contributed by atoms with van der Waals surface area (Å²) in [6.45, 7) is 17.7. The maximum atomic E-state index is 5.48. The first-order chi connectivity index (χ1) is 13.3. The quantitative estimate of drug-likeness (QED) is 0.539. The molecule has 3 aliphatic heterocycles. The van der Waals surface area contributed by atoms with Gasteiger partial charge in [-0.3, -0.25) is 9.89 Å². The van der Waals surface area contributed by atoms with Crippen LogP contribution in [-0.2, 0) is 4.74 Å². The lowest BCUT2D eigenvalue weighted by Crippen LogP contribution is -2.42. The van der Waals surface area contributed by atoms with Crippen molar-refractivity contribution in [1.82, 2.24) is 20.0 Å². The minimum atomic E-state index is 0.769. The van der Waals surface area contributed by atoms with Gasteiger partial charge in [-0.15, -0.1) is 0 Å². The fourth-order valence-electron chi connectivity index (χ4n) is 4.69. The Morgan fingerprint density at radius 1 is 0.963 bits per heavy atom. The molecule has 3 rings (SSSR count). The molecule has 1 atom stereocenters. The Bertz CT molecular complexity index is 444. The Labute approximate surface area is 166 Å². The Morgan fingerprint density at radius 3 is 2.41 bits per heavy atom. The molecule has 0 spiro atoms. The van der Waals surface area contributed by atoms with E-state index < -0.39 is 0 Å².